The van der Waals surface area contributed by atoms with Gasteiger partial charge in [-0.1, -0.05) is 6.07 Å². The summed E-state index contributed by atoms with van der Waals surface area (Å²) in [5.74, 6) is 2.50. The highest BCUT2D eigenvalue weighted by molar-refractivity contribution is 5.43. The van der Waals surface area contributed by atoms with E-state index in [1.807, 2.05) is 13.0 Å². The van der Waals surface area contributed by atoms with Crippen molar-refractivity contribution < 1.29 is 14.2 Å². The van der Waals surface area contributed by atoms with Gasteiger partial charge in [-0.15, -0.1) is 0 Å². The maximum atomic E-state index is 11.6. The van der Waals surface area contributed by atoms with Crippen molar-refractivity contribution in [3.8, 4) is 17.4 Å². The number of ether oxygens (including phenoxy) is 3. The predicted octanol–water partition coefficient (Wildman–Crippen LogP) is 2.26. The summed E-state index contributed by atoms with van der Waals surface area (Å²) < 4.78 is 16.1. The van der Waals surface area contributed by atoms with Crippen molar-refractivity contribution in [1.29, 1.82) is 0 Å². The van der Waals surface area contributed by atoms with Crippen LogP contribution in [0.25, 0.3) is 0 Å². The summed E-state index contributed by atoms with van der Waals surface area (Å²) in [6.45, 7) is 5.39. The number of likely N-dealkylation sites (tertiary alicyclic amines) is 1. The molecule has 8 heteroatoms. The Morgan fingerprint density at radius 1 is 1.18 bits per heavy atom. The van der Waals surface area contributed by atoms with E-state index in [0.29, 0.717) is 24.3 Å². The molecule has 1 aromatic heterocycles. The third-order valence-electron chi connectivity index (χ3n) is 4.81. The molecular formula is C20H28N4O4. The fourth-order valence-corrected chi connectivity index (χ4v) is 3.42. The van der Waals surface area contributed by atoms with Crippen molar-refractivity contribution in [1.82, 2.24) is 14.9 Å². The van der Waals surface area contributed by atoms with Crippen molar-refractivity contribution in [3.63, 3.8) is 0 Å². The molecule has 2 heterocycles. The monoisotopic (exact) mass is 388 g/mol. The van der Waals surface area contributed by atoms with Crippen LogP contribution in [0.1, 0.15) is 25.3 Å². The molecule has 2 N–H and O–H groups in total. The molecule has 1 aromatic carbocycles. The highest BCUT2D eigenvalue weighted by atomic mass is 16.5. The summed E-state index contributed by atoms with van der Waals surface area (Å²) >= 11 is 0. The molecule has 28 heavy (non-hydrogen) atoms. The molecule has 0 saturated carbocycles. The second kappa shape index (κ2) is 9.45. The highest BCUT2D eigenvalue weighted by Crippen LogP contribution is 2.29. The van der Waals surface area contributed by atoms with E-state index in [0.717, 1.165) is 44.0 Å². The summed E-state index contributed by atoms with van der Waals surface area (Å²) in [5, 5.41) is 3.38. The van der Waals surface area contributed by atoms with E-state index >= 15 is 0 Å². The normalized spacial score (nSPS) is 15.2. The van der Waals surface area contributed by atoms with E-state index in [2.05, 4.69) is 32.3 Å². The first-order chi connectivity index (χ1) is 13.6. The molecule has 1 aliphatic heterocycles. The molecule has 0 aliphatic carbocycles. The van der Waals surface area contributed by atoms with Crippen LogP contribution in [0.5, 0.6) is 17.4 Å². The van der Waals surface area contributed by atoms with Crippen LogP contribution in [0.4, 0.5) is 5.82 Å². The number of piperidine rings is 1. The van der Waals surface area contributed by atoms with Crippen molar-refractivity contribution >= 4 is 5.82 Å². The minimum Gasteiger partial charge on any atom is -0.493 e. The molecule has 3 rings (SSSR count). The first-order valence-corrected chi connectivity index (χ1v) is 9.55. The van der Waals surface area contributed by atoms with Gasteiger partial charge in [-0.2, -0.15) is 4.98 Å². The Balaban J connectivity index is 1.55. The Labute approximate surface area is 164 Å². The number of nitrogens with one attached hydrogen (secondary N) is 2. The molecule has 1 aliphatic rings. The Morgan fingerprint density at radius 3 is 2.64 bits per heavy atom. The van der Waals surface area contributed by atoms with Crippen LogP contribution in [0.15, 0.2) is 29.1 Å². The molecule has 2 aromatic rings. The van der Waals surface area contributed by atoms with Crippen molar-refractivity contribution in [2.24, 2.45) is 0 Å². The average molecular weight is 388 g/mol. The SMILES string of the molecule is CCOc1cc(CN2CCC(Nc3cc(OC)nc(=O)[nH]3)CC2)ccc1OC. The van der Waals surface area contributed by atoms with E-state index in [1.165, 1.54) is 12.7 Å². The maximum Gasteiger partial charge on any atom is 0.349 e. The third kappa shape index (κ3) is 5.16. The van der Waals surface area contributed by atoms with Gasteiger partial charge in [0.25, 0.3) is 0 Å². The number of aromatic nitrogens is 2. The van der Waals surface area contributed by atoms with Gasteiger partial charge < -0.3 is 19.5 Å². The fraction of sp³-hybridized carbons (Fsp3) is 0.500. The lowest BCUT2D eigenvalue weighted by Gasteiger charge is -2.32. The number of hydrogen-bond acceptors (Lipinski definition) is 7. The van der Waals surface area contributed by atoms with E-state index in [4.69, 9.17) is 14.2 Å². The second-order valence-electron chi connectivity index (χ2n) is 6.76. The largest absolute Gasteiger partial charge is 0.493 e. The Kier molecular flexibility index (Phi) is 6.76. The third-order valence-corrected chi connectivity index (χ3v) is 4.81. The average Bonchev–Trinajstić information content (AvgIpc) is 2.69. The van der Waals surface area contributed by atoms with Gasteiger partial charge in [-0.3, -0.25) is 9.88 Å². The molecule has 1 fully saturated rings. The summed E-state index contributed by atoms with van der Waals surface area (Å²) in [7, 11) is 3.15. The number of benzene rings is 1. The molecule has 0 spiro atoms. The molecule has 0 bridgehead atoms. The zero-order chi connectivity index (χ0) is 19.9. The maximum absolute atomic E-state index is 11.6. The quantitative estimate of drug-likeness (QED) is 0.717. The number of nitrogens with zero attached hydrogens (tertiary/aromatic N) is 2. The summed E-state index contributed by atoms with van der Waals surface area (Å²) in [4.78, 5) is 20.4. The minimum absolute atomic E-state index is 0.300. The molecule has 0 amide bonds. The number of anilines is 1. The molecule has 1 saturated heterocycles. The first kappa shape index (κ1) is 20.0. The topological polar surface area (TPSA) is 88.7 Å². The van der Waals surface area contributed by atoms with E-state index < -0.39 is 5.69 Å². The number of methoxy groups -OCH3 is 2. The van der Waals surface area contributed by atoms with E-state index in [-0.39, 0.29) is 0 Å². The van der Waals surface area contributed by atoms with Crippen LogP contribution in [-0.4, -0.2) is 54.8 Å². The molecule has 0 radical (unpaired) electrons. The second-order valence-corrected chi connectivity index (χ2v) is 6.76. The van der Waals surface area contributed by atoms with Crippen LogP contribution >= 0.6 is 0 Å². The van der Waals surface area contributed by atoms with Gasteiger partial charge >= 0.3 is 5.69 Å². The standard InChI is InChI=1S/C20H28N4O4/c1-4-28-17-11-14(5-6-16(17)26-2)13-24-9-7-15(8-10-24)21-18-12-19(27-3)23-20(25)22-18/h5-6,11-12,15H,4,7-10,13H2,1-3H3,(H2,21,22,23,25). The number of aromatic amines is 1. The molecule has 0 unspecified atom stereocenters. The summed E-state index contributed by atoms with van der Waals surface area (Å²) in [6, 6.07) is 8.11. The Bertz CT molecular complexity index is 831. The zero-order valence-electron chi connectivity index (χ0n) is 16.7. The van der Waals surface area contributed by atoms with Crippen molar-refractivity contribution in [3.05, 3.63) is 40.3 Å². The molecule has 0 atom stereocenters. The predicted molar refractivity (Wildman–Crippen MR) is 107 cm³/mol. The van der Waals surface area contributed by atoms with E-state index in [1.54, 1.807) is 13.2 Å². The number of rotatable bonds is 8. The van der Waals surface area contributed by atoms with Crippen LogP contribution < -0.4 is 25.2 Å². The van der Waals surface area contributed by atoms with Gasteiger partial charge in [-0.05, 0) is 37.5 Å². The molecular weight excluding hydrogens is 360 g/mol. The van der Waals surface area contributed by atoms with Crippen molar-refractivity contribution in [2.75, 3.05) is 39.2 Å². The van der Waals surface area contributed by atoms with Crippen LogP contribution in [0.3, 0.4) is 0 Å². The highest BCUT2D eigenvalue weighted by Gasteiger charge is 2.20. The van der Waals surface area contributed by atoms with Gasteiger partial charge in [0.2, 0.25) is 5.88 Å². The number of H-pyrrole nitrogens is 1. The van der Waals surface area contributed by atoms with Gasteiger partial charge in [-0.25, -0.2) is 4.79 Å². The lowest BCUT2D eigenvalue weighted by atomic mass is 10.0. The lowest BCUT2D eigenvalue weighted by Crippen LogP contribution is -2.39. The Morgan fingerprint density at radius 2 is 1.96 bits per heavy atom. The van der Waals surface area contributed by atoms with Crippen LogP contribution in [0, 0.1) is 0 Å². The van der Waals surface area contributed by atoms with Crippen LogP contribution in [0.2, 0.25) is 0 Å². The molecule has 152 valence electrons. The van der Waals surface area contributed by atoms with Crippen LogP contribution in [-0.2, 0) is 6.54 Å². The summed E-state index contributed by atoms with van der Waals surface area (Å²) in [5.41, 5.74) is 0.794. The number of hydrogen-bond donors (Lipinski definition) is 2. The summed E-state index contributed by atoms with van der Waals surface area (Å²) in [6.07, 6.45) is 1.97. The minimum atomic E-state index is -0.413. The van der Waals surface area contributed by atoms with Crippen molar-refractivity contribution in [2.45, 2.75) is 32.4 Å². The lowest BCUT2D eigenvalue weighted by molar-refractivity contribution is 0.210. The first-order valence-electron chi connectivity index (χ1n) is 9.55. The fourth-order valence-electron chi connectivity index (χ4n) is 3.42. The smallest absolute Gasteiger partial charge is 0.349 e. The Hall–Kier alpha value is -2.74. The van der Waals surface area contributed by atoms with E-state index in [9.17, 15) is 4.79 Å². The zero-order valence-corrected chi connectivity index (χ0v) is 16.7. The molecule has 8 nitrogen and oxygen atoms in total. The van der Waals surface area contributed by atoms with Gasteiger partial charge in [0.05, 0.1) is 20.8 Å². The van der Waals surface area contributed by atoms with Gasteiger partial charge in [0.1, 0.15) is 5.82 Å². The van der Waals surface area contributed by atoms with Gasteiger partial charge in [0.15, 0.2) is 11.5 Å². The van der Waals surface area contributed by atoms with Gasteiger partial charge in [0, 0.05) is 31.7 Å².